The standard InChI is InChI=1S/C10H24N2O3S/c1-9(6-16(5,14)15)11-7-10(2,13)8-12(3)4/h9,11,13H,6-8H2,1-5H3. The molecule has 0 spiro atoms. The van der Waals surface area contributed by atoms with Gasteiger partial charge in [-0.15, -0.1) is 0 Å². The molecular weight excluding hydrogens is 228 g/mol. The number of likely N-dealkylation sites (N-methyl/N-ethyl adjacent to an activating group) is 1. The Hall–Kier alpha value is -0.170. The molecule has 0 aromatic heterocycles. The number of hydrogen-bond donors (Lipinski definition) is 2. The molecule has 2 atom stereocenters. The zero-order valence-corrected chi connectivity index (χ0v) is 11.6. The van der Waals surface area contributed by atoms with Crippen LogP contribution in [0.15, 0.2) is 0 Å². The van der Waals surface area contributed by atoms with Crippen molar-refractivity contribution < 1.29 is 13.5 Å². The van der Waals surface area contributed by atoms with Gasteiger partial charge in [0.2, 0.25) is 0 Å². The van der Waals surface area contributed by atoms with Crippen molar-refractivity contribution in [3.05, 3.63) is 0 Å². The Morgan fingerprint density at radius 2 is 1.94 bits per heavy atom. The minimum atomic E-state index is -2.97. The van der Waals surface area contributed by atoms with E-state index in [-0.39, 0.29) is 11.8 Å². The van der Waals surface area contributed by atoms with E-state index in [4.69, 9.17) is 0 Å². The Morgan fingerprint density at radius 3 is 2.31 bits per heavy atom. The van der Waals surface area contributed by atoms with Crippen LogP contribution in [-0.4, -0.2) is 69.3 Å². The Bertz CT molecular complexity index is 299. The van der Waals surface area contributed by atoms with Crippen LogP contribution in [0.1, 0.15) is 13.8 Å². The minimum Gasteiger partial charge on any atom is -0.388 e. The average molecular weight is 252 g/mol. The molecule has 0 bridgehead atoms. The average Bonchev–Trinajstić information content (AvgIpc) is 1.95. The quantitative estimate of drug-likeness (QED) is 0.628. The van der Waals surface area contributed by atoms with Gasteiger partial charge >= 0.3 is 0 Å². The molecule has 0 rings (SSSR count). The second-order valence-corrected chi connectivity index (χ2v) is 7.29. The normalized spacial score (nSPS) is 18.4. The van der Waals surface area contributed by atoms with E-state index in [1.54, 1.807) is 13.8 Å². The Balaban J connectivity index is 4.04. The van der Waals surface area contributed by atoms with E-state index in [9.17, 15) is 13.5 Å². The SMILES string of the molecule is CC(CS(C)(=O)=O)NCC(C)(O)CN(C)C. The fraction of sp³-hybridized carbons (Fsp3) is 1.00. The zero-order chi connectivity index (χ0) is 13.0. The molecule has 0 aliphatic carbocycles. The van der Waals surface area contributed by atoms with Crippen molar-refractivity contribution in [3.8, 4) is 0 Å². The van der Waals surface area contributed by atoms with Crippen molar-refractivity contribution in [1.29, 1.82) is 0 Å². The lowest BCUT2D eigenvalue weighted by Crippen LogP contribution is -2.48. The molecule has 6 heteroatoms. The molecule has 0 aromatic carbocycles. The van der Waals surface area contributed by atoms with Crippen LogP contribution in [0.2, 0.25) is 0 Å². The monoisotopic (exact) mass is 252 g/mol. The first-order valence-corrected chi connectivity index (χ1v) is 7.36. The van der Waals surface area contributed by atoms with Crippen molar-refractivity contribution in [2.45, 2.75) is 25.5 Å². The van der Waals surface area contributed by atoms with E-state index in [0.717, 1.165) is 0 Å². The summed E-state index contributed by atoms with van der Waals surface area (Å²) in [6.07, 6.45) is 1.21. The van der Waals surface area contributed by atoms with E-state index < -0.39 is 15.4 Å². The smallest absolute Gasteiger partial charge is 0.148 e. The van der Waals surface area contributed by atoms with E-state index in [0.29, 0.717) is 13.1 Å². The van der Waals surface area contributed by atoms with Gasteiger partial charge in [0, 0.05) is 25.4 Å². The third-order valence-corrected chi connectivity index (χ3v) is 3.15. The fourth-order valence-corrected chi connectivity index (χ4v) is 2.67. The van der Waals surface area contributed by atoms with Gasteiger partial charge in [-0.25, -0.2) is 8.42 Å². The topological polar surface area (TPSA) is 69.6 Å². The van der Waals surface area contributed by atoms with Crippen molar-refractivity contribution >= 4 is 9.84 Å². The maximum absolute atomic E-state index is 11.0. The van der Waals surface area contributed by atoms with Gasteiger partial charge in [-0.1, -0.05) is 0 Å². The third-order valence-electron chi connectivity index (χ3n) is 2.04. The summed E-state index contributed by atoms with van der Waals surface area (Å²) in [4.78, 5) is 1.89. The van der Waals surface area contributed by atoms with E-state index >= 15 is 0 Å². The molecule has 0 aromatic rings. The highest BCUT2D eigenvalue weighted by Crippen LogP contribution is 2.03. The molecule has 0 aliphatic heterocycles. The maximum atomic E-state index is 11.0. The molecule has 98 valence electrons. The van der Waals surface area contributed by atoms with Crippen molar-refractivity contribution in [2.75, 3.05) is 39.2 Å². The van der Waals surface area contributed by atoms with Crippen LogP contribution in [0, 0.1) is 0 Å². The summed E-state index contributed by atoms with van der Waals surface area (Å²) >= 11 is 0. The Morgan fingerprint density at radius 1 is 1.44 bits per heavy atom. The van der Waals surface area contributed by atoms with Crippen LogP contribution >= 0.6 is 0 Å². The van der Waals surface area contributed by atoms with Gasteiger partial charge in [0.15, 0.2) is 0 Å². The van der Waals surface area contributed by atoms with Gasteiger partial charge in [0.25, 0.3) is 0 Å². The number of nitrogens with zero attached hydrogens (tertiary/aromatic N) is 1. The largest absolute Gasteiger partial charge is 0.388 e. The first-order chi connectivity index (χ1) is 7.02. The van der Waals surface area contributed by atoms with Gasteiger partial charge in [0.1, 0.15) is 9.84 Å². The second kappa shape index (κ2) is 5.95. The first kappa shape index (κ1) is 15.8. The van der Waals surface area contributed by atoms with Gasteiger partial charge in [-0.2, -0.15) is 0 Å². The molecule has 0 heterocycles. The van der Waals surface area contributed by atoms with Gasteiger partial charge in [0.05, 0.1) is 11.4 Å². The molecule has 0 amide bonds. The summed E-state index contributed by atoms with van der Waals surface area (Å²) in [5, 5.41) is 13.0. The summed E-state index contributed by atoms with van der Waals surface area (Å²) in [5.41, 5.74) is -0.852. The van der Waals surface area contributed by atoms with Crippen molar-refractivity contribution in [3.63, 3.8) is 0 Å². The maximum Gasteiger partial charge on any atom is 0.148 e. The molecule has 2 unspecified atom stereocenters. The Labute approximate surface area is 98.8 Å². The summed E-state index contributed by atoms with van der Waals surface area (Å²) in [5.74, 6) is 0.0883. The summed E-state index contributed by atoms with van der Waals surface area (Å²) in [7, 11) is 0.798. The second-order valence-electron chi connectivity index (χ2n) is 5.11. The van der Waals surface area contributed by atoms with Crippen LogP contribution in [0.3, 0.4) is 0 Å². The van der Waals surface area contributed by atoms with E-state index in [1.807, 2.05) is 19.0 Å². The lowest BCUT2D eigenvalue weighted by atomic mass is 10.1. The van der Waals surface area contributed by atoms with Crippen LogP contribution < -0.4 is 5.32 Å². The summed E-state index contributed by atoms with van der Waals surface area (Å²) < 4.78 is 22.1. The zero-order valence-electron chi connectivity index (χ0n) is 10.8. The molecule has 0 radical (unpaired) electrons. The number of aliphatic hydroxyl groups is 1. The highest BCUT2D eigenvalue weighted by Gasteiger charge is 2.22. The number of hydrogen-bond acceptors (Lipinski definition) is 5. The van der Waals surface area contributed by atoms with Crippen LogP contribution in [0.25, 0.3) is 0 Å². The molecule has 0 saturated carbocycles. The minimum absolute atomic E-state index is 0.0883. The van der Waals surface area contributed by atoms with E-state index in [1.165, 1.54) is 6.26 Å². The van der Waals surface area contributed by atoms with Gasteiger partial charge in [-0.05, 0) is 27.9 Å². The van der Waals surface area contributed by atoms with Crippen LogP contribution in [0.5, 0.6) is 0 Å². The number of sulfone groups is 1. The van der Waals surface area contributed by atoms with Crippen LogP contribution in [-0.2, 0) is 9.84 Å². The molecule has 2 N–H and O–H groups in total. The molecule has 5 nitrogen and oxygen atoms in total. The summed E-state index contributed by atoms with van der Waals surface area (Å²) in [6, 6.07) is -0.149. The van der Waals surface area contributed by atoms with E-state index in [2.05, 4.69) is 5.32 Å². The predicted molar refractivity (Wildman–Crippen MR) is 66.4 cm³/mol. The predicted octanol–water partition coefficient (Wildman–Crippen LogP) is -0.678. The fourth-order valence-electron chi connectivity index (χ4n) is 1.64. The molecule has 0 saturated heterocycles. The number of nitrogens with one attached hydrogen (secondary N) is 1. The molecular formula is C10H24N2O3S. The molecule has 0 fully saturated rings. The van der Waals surface area contributed by atoms with Crippen LogP contribution in [0.4, 0.5) is 0 Å². The Kier molecular flexibility index (Phi) is 5.89. The van der Waals surface area contributed by atoms with Gasteiger partial charge < -0.3 is 15.3 Å². The third kappa shape index (κ3) is 9.08. The molecule has 16 heavy (non-hydrogen) atoms. The van der Waals surface area contributed by atoms with Crippen molar-refractivity contribution in [2.24, 2.45) is 0 Å². The molecule has 0 aliphatic rings. The van der Waals surface area contributed by atoms with Crippen molar-refractivity contribution in [1.82, 2.24) is 10.2 Å². The number of rotatable bonds is 7. The lowest BCUT2D eigenvalue weighted by molar-refractivity contribution is 0.0323. The first-order valence-electron chi connectivity index (χ1n) is 5.30. The lowest BCUT2D eigenvalue weighted by Gasteiger charge is -2.28. The highest BCUT2D eigenvalue weighted by molar-refractivity contribution is 7.90. The van der Waals surface area contributed by atoms with Gasteiger partial charge in [-0.3, -0.25) is 0 Å². The highest BCUT2D eigenvalue weighted by atomic mass is 32.2. The summed E-state index contributed by atoms with van der Waals surface area (Å²) in [6.45, 7) is 4.44.